The minimum absolute atomic E-state index is 0.773. The van der Waals surface area contributed by atoms with E-state index in [-0.39, 0.29) is 0 Å². The van der Waals surface area contributed by atoms with Crippen molar-refractivity contribution in [1.29, 1.82) is 0 Å². The summed E-state index contributed by atoms with van der Waals surface area (Å²) in [5.41, 5.74) is 2.82. The van der Waals surface area contributed by atoms with E-state index in [4.69, 9.17) is 0 Å². The Kier molecular flexibility index (Phi) is 4.08. The molecular weight excluding hydrogens is 352 g/mol. The molecule has 0 saturated carbocycles. The van der Waals surface area contributed by atoms with Crippen molar-refractivity contribution in [2.45, 2.75) is 6.92 Å². The first-order chi connectivity index (χ1) is 13.8. The van der Waals surface area contributed by atoms with Crippen molar-refractivity contribution in [2.75, 3.05) is 36.0 Å². The van der Waals surface area contributed by atoms with Crippen molar-refractivity contribution >= 4 is 17.3 Å². The monoisotopic (exact) mass is 372 g/mol. The van der Waals surface area contributed by atoms with Crippen LogP contribution < -0.4 is 9.80 Å². The average Bonchev–Trinajstić information content (AvgIpc) is 3.15. The Morgan fingerprint density at radius 3 is 2.32 bits per heavy atom. The lowest BCUT2D eigenvalue weighted by Crippen LogP contribution is -2.47. The molecular formula is C20H20N8. The molecule has 8 heteroatoms. The fourth-order valence-electron chi connectivity index (χ4n) is 3.51. The summed E-state index contributed by atoms with van der Waals surface area (Å²) in [7, 11) is 0. The normalized spacial score (nSPS) is 14.6. The molecule has 0 bridgehead atoms. The van der Waals surface area contributed by atoms with E-state index >= 15 is 0 Å². The number of piperazine rings is 1. The van der Waals surface area contributed by atoms with Crippen LogP contribution in [-0.4, -0.2) is 56.0 Å². The van der Waals surface area contributed by atoms with Gasteiger partial charge in [-0.3, -0.25) is 0 Å². The molecule has 1 fully saturated rings. The maximum atomic E-state index is 4.68. The minimum atomic E-state index is 0.773. The van der Waals surface area contributed by atoms with E-state index in [1.807, 2.05) is 37.3 Å². The lowest BCUT2D eigenvalue weighted by atomic mass is 10.1. The molecule has 5 rings (SSSR count). The van der Waals surface area contributed by atoms with Crippen LogP contribution in [0.4, 0.5) is 11.6 Å². The summed E-state index contributed by atoms with van der Waals surface area (Å²) in [4.78, 5) is 13.5. The Bertz CT molecular complexity index is 1100. The van der Waals surface area contributed by atoms with E-state index in [1.165, 1.54) is 0 Å². The Morgan fingerprint density at radius 2 is 1.54 bits per heavy atom. The molecule has 0 amide bonds. The zero-order valence-electron chi connectivity index (χ0n) is 15.6. The summed E-state index contributed by atoms with van der Waals surface area (Å²) >= 11 is 0. The lowest BCUT2D eigenvalue weighted by Gasteiger charge is -2.36. The fraction of sp³-hybridized carbons (Fsp3) is 0.250. The Hall–Kier alpha value is -3.55. The molecule has 4 aromatic rings. The number of nitrogens with zero attached hydrogens (tertiary/aromatic N) is 8. The summed E-state index contributed by atoms with van der Waals surface area (Å²) in [6, 6.07) is 16.2. The second-order valence-electron chi connectivity index (χ2n) is 6.81. The molecule has 1 aliphatic rings. The van der Waals surface area contributed by atoms with Gasteiger partial charge in [0.15, 0.2) is 11.5 Å². The molecule has 0 unspecified atom stereocenters. The Labute approximate surface area is 162 Å². The summed E-state index contributed by atoms with van der Waals surface area (Å²) < 4.78 is 1.79. The number of aromatic nitrogens is 6. The number of rotatable bonds is 3. The van der Waals surface area contributed by atoms with Crippen molar-refractivity contribution in [1.82, 2.24) is 29.8 Å². The molecule has 0 N–H and O–H groups in total. The zero-order valence-corrected chi connectivity index (χ0v) is 15.6. The predicted octanol–water partition coefficient (Wildman–Crippen LogP) is 2.22. The van der Waals surface area contributed by atoms with E-state index in [9.17, 15) is 0 Å². The summed E-state index contributed by atoms with van der Waals surface area (Å²) in [6.07, 6.45) is 1.65. The van der Waals surface area contributed by atoms with Crippen LogP contribution in [0.1, 0.15) is 5.82 Å². The van der Waals surface area contributed by atoms with Gasteiger partial charge in [0.25, 0.3) is 0 Å². The van der Waals surface area contributed by atoms with Gasteiger partial charge in [0.2, 0.25) is 0 Å². The standard InChI is InChI=1S/C20H20N8/c1-15-23-24-18-7-8-19(25-28(15)18)26-9-11-27(12-10-26)20-13-17(21-14-22-20)16-5-3-2-4-6-16/h2-8,13-14H,9-12H2,1H3. The number of fused-ring (bicyclic) bond motifs is 1. The highest BCUT2D eigenvalue weighted by Gasteiger charge is 2.20. The maximum absolute atomic E-state index is 4.68. The Balaban J connectivity index is 1.32. The van der Waals surface area contributed by atoms with Gasteiger partial charge in [0.05, 0.1) is 5.69 Å². The third-order valence-electron chi connectivity index (χ3n) is 5.05. The van der Waals surface area contributed by atoms with Crippen LogP contribution in [0.3, 0.4) is 0 Å². The first-order valence-electron chi connectivity index (χ1n) is 9.34. The van der Waals surface area contributed by atoms with Gasteiger partial charge < -0.3 is 9.80 Å². The van der Waals surface area contributed by atoms with Crippen LogP contribution >= 0.6 is 0 Å². The number of benzene rings is 1. The Morgan fingerprint density at radius 1 is 0.786 bits per heavy atom. The fourth-order valence-corrected chi connectivity index (χ4v) is 3.51. The predicted molar refractivity (Wildman–Crippen MR) is 107 cm³/mol. The highest BCUT2D eigenvalue weighted by Crippen LogP contribution is 2.22. The molecule has 140 valence electrons. The number of aryl methyl sites for hydroxylation is 1. The smallest absolute Gasteiger partial charge is 0.178 e. The van der Waals surface area contributed by atoms with Crippen molar-refractivity contribution in [2.24, 2.45) is 0 Å². The average molecular weight is 372 g/mol. The second kappa shape index (κ2) is 6.88. The molecule has 3 aromatic heterocycles. The lowest BCUT2D eigenvalue weighted by molar-refractivity contribution is 0.635. The minimum Gasteiger partial charge on any atom is -0.353 e. The number of hydrogen-bond donors (Lipinski definition) is 0. The molecule has 1 saturated heterocycles. The molecule has 0 spiro atoms. The second-order valence-corrected chi connectivity index (χ2v) is 6.81. The molecule has 0 aliphatic carbocycles. The van der Waals surface area contributed by atoms with Crippen molar-refractivity contribution in [3.05, 3.63) is 60.7 Å². The maximum Gasteiger partial charge on any atom is 0.178 e. The van der Waals surface area contributed by atoms with Crippen LogP contribution in [0.2, 0.25) is 0 Å². The molecule has 1 aromatic carbocycles. The molecule has 4 heterocycles. The van der Waals surface area contributed by atoms with Crippen LogP contribution in [0.25, 0.3) is 16.9 Å². The summed E-state index contributed by atoms with van der Waals surface area (Å²) in [6.45, 7) is 5.43. The van der Waals surface area contributed by atoms with Crippen molar-refractivity contribution < 1.29 is 0 Å². The van der Waals surface area contributed by atoms with Crippen molar-refractivity contribution in [3.63, 3.8) is 0 Å². The van der Waals surface area contributed by atoms with Gasteiger partial charge in [0, 0.05) is 37.8 Å². The van der Waals surface area contributed by atoms with Gasteiger partial charge >= 0.3 is 0 Å². The first-order valence-corrected chi connectivity index (χ1v) is 9.34. The third kappa shape index (κ3) is 3.02. The summed E-state index contributed by atoms with van der Waals surface area (Å²) in [5.74, 6) is 2.71. The van der Waals surface area contributed by atoms with Crippen molar-refractivity contribution in [3.8, 4) is 11.3 Å². The summed E-state index contributed by atoms with van der Waals surface area (Å²) in [5, 5.41) is 12.9. The van der Waals surface area contributed by atoms with E-state index in [1.54, 1.807) is 10.8 Å². The van der Waals surface area contributed by atoms with Gasteiger partial charge in [-0.1, -0.05) is 30.3 Å². The van der Waals surface area contributed by atoms with Crippen LogP contribution in [0, 0.1) is 6.92 Å². The van der Waals surface area contributed by atoms with E-state index in [0.717, 1.165) is 60.5 Å². The molecule has 1 aliphatic heterocycles. The highest BCUT2D eigenvalue weighted by atomic mass is 15.4. The van der Waals surface area contributed by atoms with Gasteiger partial charge in [-0.05, 0) is 19.1 Å². The van der Waals surface area contributed by atoms with Gasteiger partial charge in [-0.25, -0.2) is 9.97 Å². The molecule has 0 atom stereocenters. The van der Waals surface area contributed by atoms with Gasteiger partial charge in [-0.15, -0.1) is 15.3 Å². The topological polar surface area (TPSA) is 75.3 Å². The van der Waals surface area contributed by atoms with E-state index < -0.39 is 0 Å². The highest BCUT2D eigenvalue weighted by molar-refractivity contribution is 5.62. The third-order valence-corrected chi connectivity index (χ3v) is 5.05. The van der Waals surface area contributed by atoms with E-state index in [2.05, 4.69) is 53.3 Å². The molecule has 28 heavy (non-hydrogen) atoms. The molecule has 8 nitrogen and oxygen atoms in total. The van der Waals surface area contributed by atoms with Crippen LogP contribution in [0.15, 0.2) is 54.9 Å². The van der Waals surface area contributed by atoms with Crippen LogP contribution in [-0.2, 0) is 0 Å². The molecule has 0 radical (unpaired) electrons. The van der Waals surface area contributed by atoms with Crippen LogP contribution in [0.5, 0.6) is 0 Å². The first kappa shape index (κ1) is 16.6. The quantitative estimate of drug-likeness (QED) is 0.546. The zero-order chi connectivity index (χ0) is 18.9. The number of anilines is 2. The van der Waals surface area contributed by atoms with Gasteiger partial charge in [-0.2, -0.15) is 4.52 Å². The SMILES string of the molecule is Cc1nnc2ccc(N3CCN(c4cc(-c5ccccc5)ncn4)CC3)nn12. The number of hydrogen-bond acceptors (Lipinski definition) is 7. The largest absolute Gasteiger partial charge is 0.353 e. The van der Waals surface area contributed by atoms with Gasteiger partial charge in [0.1, 0.15) is 18.0 Å². The van der Waals surface area contributed by atoms with E-state index in [0.29, 0.717) is 0 Å².